The fraction of sp³-hybridized carbons (Fsp3) is 0.333. The lowest BCUT2D eigenvalue weighted by Crippen LogP contribution is -2.43. The molecule has 1 fully saturated rings. The fourth-order valence-corrected chi connectivity index (χ4v) is 3.72. The minimum Gasteiger partial charge on any atom is -0.480 e. The number of fused-ring (bicyclic) bond motifs is 1. The van der Waals surface area contributed by atoms with Crippen molar-refractivity contribution in [2.75, 3.05) is 6.54 Å². The van der Waals surface area contributed by atoms with Crippen LogP contribution in [-0.2, 0) is 9.53 Å². The first-order valence-electron chi connectivity index (χ1n) is 10.4. The van der Waals surface area contributed by atoms with Crippen molar-refractivity contribution in [1.82, 2.24) is 14.9 Å². The summed E-state index contributed by atoms with van der Waals surface area (Å²) < 4.78 is 11.6. The number of benzene rings is 1. The van der Waals surface area contributed by atoms with Crippen LogP contribution in [0.15, 0.2) is 54.9 Å². The van der Waals surface area contributed by atoms with Crippen molar-refractivity contribution in [3.05, 3.63) is 54.9 Å². The quantitative estimate of drug-likeness (QED) is 0.657. The number of carbonyl (C=O) groups excluding carboxylic acids is 1. The standard InChI is InChI=1S/C24H25N3O5/c1-24(2,3)32-23(30)27-14-17(13-20(27)22(28)29)31-21-18-7-5-4-6-16(18)12-19(26-21)15-8-10-25-11-9-15/h4-12,17,20H,13-14H2,1-3H3,(H,28,29). The number of likely N-dealkylation sites (tertiary alicyclic amines) is 1. The van der Waals surface area contributed by atoms with Gasteiger partial charge in [0.05, 0.1) is 12.2 Å². The van der Waals surface area contributed by atoms with E-state index in [0.717, 1.165) is 22.0 Å². The van der Waals surface area contributed by atoms with Gasteiger partial charge < -0.3 is 14.6 Å². The predicted molar refractivity (Wildman–Crippen MR) is 118 cm³/mol. The Morgan fingerprint density at radius 1 is 1.12 bits per heavy atom. The molecule has 32 heavy (non-hydrogen) atoms. The molecule has 1 saturated heterocycles. The Kier molecular flexibility index (Phi) is 5.69. The molecule has 4 rings (SSSR count). The highest BCUT2D eigenvalue weighted by Gasteiger charge is 2.43. The lowest BCUT2D eigenvalue weighted by molar-refractivity contribution is -0.142. The number of hydrogen-bond acceptors (Lipinski definition) is 6. The largest absolute Gasteiger partial charge is 0.480 e. The summed E-state index contributed by atoms with van der Waals surface area (Å²) in [5.41, 5.74) is 0.883. The Balaban J connectivity index is 1.64. The van der Waals surface area contributed by atoms with Crippen molar-refractivity contribution < 1.29 is 24.2 Å². The number of rotatable bonds is 4. The second-order valence-corrected chi connectivity index (χ2v) is 8.73. The molecule has 2 aromatic heterocycles. The van der Waals surface area contributed by atoms with E-state index in [1.807, 2.05) is 42.5 Å². The Morgan fingerprint density at radius 3 is 2.53 bits per heavy atom. The number of aromatic nitrogens is 2. The van der Waals surface area contributed by atoms with Gasteiger partial charge in [-0.25, -0.2) is 14.6 Å². The summed E-state index contributed by atoms with van der Waals surface area (Å²) in [6, 6.07) is 12.4. The Labute approximate surface area is 185 Å². The van der Waals surface area contributed by atoms with Gasteiger partial charge in [-0.05, 0) is 50.4 Å². The van der Waals surface area contributed by atoms with Gasteiger partial charge >= 0.3 is 12.1 Å². The highest BCUT2D eigenvalue weighted by molar-refractivity contribution is 5.90. The fourth-order valence-electron chi connectivity index (χ4n) is 3.72. The van der Waals surface area contributed by atoms with Gasteiger partial charge in [-0.1, -0.05) is 18.2 Å². The Bertz CT molecular complexity index is 1140. The maximum absolute atomic E-state index is 12.6. The number of carboxylic acids is 1. The maximum atomic E-state index is 12.6. The molecule has 0 aliphatic carbocycles. The summed E-state index contributed by atoms with van der Waals surface area (Å²) in [6.45, 7) is 5.32. The minimum absolute atomic E-state index is 0.0986. The highest BCUT2D eigenvalue weighted by Crippen LogP contribution is 2.32. The van der Waals surface area contributed by atoms with Crippen LogP contribution in [0.5, 0.6) is 5.88 Å². The lowest BCUT2D eigenvalue weighted by atomic mass is 10.1. The number of amides is 1. The van der Waals surface area contributed by atoms with Crippen molar-refractivity contribution in [2.45, 2.75) is 44.9 Å². The second kappa shape index (κ2) is 8.45. The molecule has 0 radical (unpaired) electrons. The van der Waals surface area contributed by atoms with Crippen LogP contribution in [0.2, 0.25) is 0 Å². The van der Waals surface area contributed by atoms with Gasteiger partial charge in [-0.3, -0.25) is 9.88 Å². The molecule has 1 aliphatic rings. The highest BCUT2D eigenvalue weighted by atomic mass is 16.6. The summed E-state index contributed by atoms with van der Waals surface area (Å²) in [7, 11) is 0. The average molecular weight is 435 g/mol. The molecule has 0 bridgehead atoms. The van der Waals surface area contributed by atoms with Crippen molar-refractivity contribution in [3.8, 4) is 17.1 Å². The van der Waals surface area contributed by atoms with Gasteiger partial charge in [0.25, 0.3) is 0 Å². The summed E-state index contributed by atoms with van der Waals surface area (Å²) in [5.74, 6) is -0.694. The number of aliphatic carboxylic acids is 1. The molecule has 1 aliphatic heterocycles. The van der Waals surface area contributed by atoms with E-state index in [9.17, 15) is 14.7 Å². The van der Waals surface area contributed by atoms with E-state index < -0.39 is 29.8 Å². The van der Waals surface area contributed by atoms with Crippen LogP contribution in [0, 0.1) is 0 Å². The number of carboxylic acid groups (broad SMARTS) is 1. The smallest absolute Gasteiger partial charge is 0.411 e. The summed E-state index contributed by atoms with van der Waals surface area (Å²) >= 11 is 0. The van der Waals surface area contributed by atoms with Crippen LogP contribution < -0.4 is 4.74 Å². The summed E-state index contributed by atoms with van der Waals surface area (Å²) in [6.07, 6.45) is 2.33. The number of nitrogens with zero attached hydrogens (tertiary/aromatic N) is 3. The number of ether oxygens (including phenoxy) is 2. The Morgan fingerprint density at radius 2 is 1.84 bits per heavy atom. The first-order valence-corrected chi connectivity index (χ1v) is 10.4. The molecule has 2 atom stereocenters. The average Bonchev–Trinajstić information content (AvgIpc) is 3.18. The third-order valence-corrected chi connectivity index (χ3v) is 5.14. The zero-order valence-corrected chi connectivity index (χ0v) is 18.2. The predicted octanol–water partition coefficient (Wildman–Crippen LogP) is 4.14. The SMILES string of the molecule is CC(C)(C)OC(=O)N1CC(Oc2nc(-c3ccncc3)cc3ccccc23)CC1C(=O)O. The summed E-state index contributed by atoms with van der Waals surface area (Å²) in [4.78, 5) is 34.4. The van der Waals surface area contributed by atoms with E-state index in [-0.39, 0.29) is 13.0 Å². The monoisotopic (exact) mass is 435 g/mol. The van der Waals surface area contributed by atoms with Gasteiger partial charge in [0.1, 0.15) is 17.7 Å². The van der Waals surface area contributed by atoms with Crippen molar-refractivity contribution in [1.29, 1.82) is 0 Å². The van der Waals surface area contributed by atoms with Crippen LogP contribution in [-0.4, -0.2) is 56.3 Å². The first-order chi connectivity index (χ1) is 15.2. The van der Waals surface area contributed by atoms with E-state index >= 15 is 0 Å². The van der Waals surface area contributed by atoms with Crippen LogP contribution in [0.3, 0.4) is 0 Å². The summed E-state index contributed by atoms with van der Waals surface area (Å²) in [5, 5.41) is 11.4. The molecule has 2 unspecified atom stereocenters. The van der Waals surface area contributed by atoms with Crippen molar-refractivity contribution in [2.24, 2.45) is 0 Å². The molecule has 3 heterocycles. The van der Waals surface area contributed by atoms with Crippen LogP contribution in [0.4, 0.5) is 4.79 Å². The van der Waals surface area contributed by atoms with Crippen molar-refractivity contribution >= 4 is 22.8 Å². The molecule has 0 saturated carbocycles. The zero-order valence-electron chi connectivity index (χ0n) is 18.2. The zero-order chi connectivity index (χ0) is 22.9. The lowest BCUT2D eigenvalue weighted by Gasteiger charge is -2.26. The first kappa shape index (κ1) is 21.5. The van der Waals surface area contributed by atoms with Gasteiger partial charge in [0.2, 0.25) is 5.88 Å². The third kappa shape index (κ3) is 4.64. The molecule has 1 aromatic carbocycles. The molecular formula is C24H25N3O5. The van der Waals surface area contributed by atoms with Gasteiger partial charge in [-0.2, -0.15) is 0 Å². The second-order valence-electron chi connectivity index (χ2n) is 8.73. The van der Waals surface area contributed by atoms with Crippen molar-refractivity contribution in [3.63, 3.8) is 0 Å². The normalized spacial score (nSPS) is 18.5. The van der Waals surface area contributed by atoms with Crippen LogP contribution in [0.1, 0.15) is 27.2 Å². The maximum Gasteiger partial charge on any atom is 0.411 e. The van der Waals surface area contributed by atoms with E-state index in [1.54, 1.807) is 33.2 Å². The topological polar surface area (TPSA) is 102 Å². The number of hydrogen-bond donors (Lipinski definition) is 1. The molecule has 166 valence electrons. The third-order valence-electron chi connectivity index (χ3n) is 5.14. The van der Waals surface area contributed by atoms with Gasteiger partial charge in [-0.15, -0.1) is 0 Å². The van der Waals surface area contributed by atoms with E-state index in [0.29, 0.717) is 5.88 Å². The van der Waals surface area contributed by atoms with E-state index in [1.165, 1.54) is 4.90 Å². The molecule has 8 heteroatoms. The van der Waals surface area contributed by atoms with E-state index in [4.69, 9.17) is 14.5 Å². The van der Waals surface area contributed by atoms with Gasteiger partial charge in [0, 0.05) is 29.8 Å². The molecule has 1 N–H and O–H groups in total. The van der Waals surface area contributed by atoms with E-state index in [2.05, 4.69) is 4.98 Å². The molecule has 0 spiro atoms. The minimum atomic E-state index is -1.09. The van der Waals surface area contributed by atoms with Crippen LogP contribution in [0.25, 0.3) is 22.0 Å². The van der Waals surface area contributed by atoms with Crippen LogP contribution >= 0.6 is 0 Å². The molecule has 8 nitrogen and oxygen atoms in total. The molecular weight excluding hydrogens is 410 g/mol. The Hall–Kier alpha value is -3.68. The molecule has 3 aromatic rings. The molecule has 1 amide bonds. The number of carbonyl (C=O) groups is 2. The van der Waals surface area contributed by atoms with Gasteiger partial charge in [0.15, 0.2) is 0 Å². The number of pyridine rings is 2.